The summed E-state index contributed by atoms with van der Waals surface area (Å²) < 4.78 is 13.7. The molecule has 1 aromatic carbocycles. The summed E-state index contributed by atoms with van der Waals surface area (Å²) in [5.41, 5.74) is 0.205. The van der Waals surface area contributed by atoms with E-state index in [1.807, 2.05) is 0 Å². The maximum atomic E-state index is 13.2. The van der Waals surface area contributed by atoms with E-state index in [0.717, 1.165) is 6.07 Å². The van der Waals surface area contributed by atoms with Crippen LogP contribution in [0.4, 0.5) is 10.1 Å². The maximum absolute atomic E-state index is 13.2. The molecule has 0 saturated heterocycles. The second-order valence-corrected chi connectivity index (χ2v) is 3.53. The van der Waals surface area contributed by atoms with E-state index >= 15 is 0 Å². The van der Waals surface area contributed by atoms with Crippen LogP contribution in [0.3, 0.4) is 0 Å². The fraction of sp³-hybridized carbons (Fsp3) is 0.111. The molecule has 0 aliphatic rings. The van der Waals surface area contributed by atoms with Crippen LogP contribution in [-0.2, 0) is 4.79 Å². The van der Waals surface area contributed by atoms with Crippen molar-refractivity contribution in [3.8, 4) is 6.07 Å². The fourth-order valence-corrected chi connectivity index (χ4v) is 1.37. The van der Waals surface area contributed by atoms with Gasteiger partial charge in [-0.25, -0.2) is 4.39 Å². The average Bonchev–Trinajstić information content (AvgIpc) is 2.18. The van der Waals surface area contributed by atoms with Crippen LogP contribution in [0.5, 0.6) is 0 Å². The monoisotopic (exact) mass is 272 g/mol. The van der Waals surface area contributed by atoms with Gasteiger partial charge in [0, 0.05) is 4.47 Å². The minimum Gasteiger partial charge on any atom is -0.480 e. The zero-order chi connectivity index (χ0) is 11.4. The highest BCUT2D eigenvalue weighted by atomic mass is 79.9. The predicted molar refractivity (Wildman–Crippen MR) is 54.9 cm³/mol. The van der Waals surface area contributed by atoms with E-state index < -0.39 is 11.8 Å². The molecule has 1 rings (SSSR count). The van der Waals surface area contributed by atoms with Crippen LogP contribution in [0.2, 0.25) is 0 Å². The Labute approximate surface area is 93.5 Å². The quantitative estimate of drug-likeness (QED) is 0.882. The summed E-state index contributed by atoms with van der Waals surface area (Å²) in [7, 11) is 0. The summed E-state index contributed by atoms with van der Waals surface area (Å²) in [5.74, 6) is -1.74. The number of aliphatic carboxylic acids is 1. The molecule has 0 aromatic heterocycles. The van der Waals surface area contributed by atoms with Crippen LogP contribution in [0.1, 0.15) is 5.56 Å². The van der Waals surface area contributed by atoms with Gasteiger partial charge < -0.3 is 10.4 Å². The lowest BCUT2D eigenvalue weighted by Crippen LogP contribution is -2.13. The lowest BCUT2D eigenvalue weighted by Gasteiger charge is -2.06. The summed E-state index contributed by atoms with van der Waals surface area (Å²) in [6.07, 6.45) is 0. The van der Waals surface area contributed by atoms with Gasteiger partial charge in [-0.3, -0.25) is 4.79 Å². The minimum atomic E-state index is -1.09. The van der Waals surface area contributed by atoms with Gasteiger partial charge >= 0.3 is 5.97 Å². The van der Waals surface area contributed by atoms with Crippen LogP contribution in [-0.4, -0.2) is 17.6 Å². The van der Waals surface area contributed by atoms with Gasteiger partial charge in [-0.15, -0.1) is 0 Å². The summed E-state index contributed by atoms with van der Waals surface area (Å²) in [4.78, 5) is 10.2. The van der Waals surface area contributed by atoms with Crippen molar-refractivity contribution in [2.45, 2.75) is 0 Å². The molecule has 4 nitrogen and oxygen atoms in total. The molecule has 0 unspecified atom stereocenters. The number of halogens is 2. The van der Waals surface area contributed by atoms with Crippen LogP contribution in [0, 0.1) is 17.1 Å². The van der Waals surface area contributed by atoms with Crippen molar-refractivity contribution in [1.82, 2.24) is 0 Å². The highest BCUT2D eigenvalue weighted by Gasteiger charge is 2.08. The molecular weight excluding hydrogens is 267 g/mol. The molecule has 6 heteroatoms. The van der Waals surface area contributed by atoms with Crippen molar-refractivity contribution in [1.29, 1.82) is 5.26 Å². The second kappa shape index (κ2) is 4.75. The van der Waals surface area contributed by atoms with Crippen molar-refractivity contribution in [2.24, 2.45) is 0 Å². The van der Waals surface area contributed by atoms with Crippen molar-refractivity contribution in [3.63, 3.8) is 0 Å². The van der Waals surface area contributed by atoms with Crippen molar-refractivity contribution < 1.29 is 14.3 Å². The SMILES string of the molecule is N#Cc1cc(F)c(NCC(=O)O)cc1Br. The first-order valence-electron chi connectivity index (χ1n) is 3.89. The lowest BCUT2D eigenvalue weighted by atomic mass is 10.2. The molecule has 0 fully saturated rings. The van der Waals surface area contributed by atoms with Crippen LogP contribution in [0.25, 0.3) is 0 Å². The minimum absolute atomic E-state index is 0.0447. The smallest absolute Gasteiger partial charge is 0.322 e. The molecule has 0 aliphatic carbocycles. The molecule has 1 aromatic rings. The first kappa shape index (κ1) is 11.5. The Bertz CT molecular complexity index is 442. The number of carboxylic acids is 1. The average molecular weight is 273 g/mol. The number of carbonyl (C=O) groups is 1. The third-order valence-corrected chi connectivity index (χ3v) is 2.26. The number of rotatable bonds is 3. The van der Waals surface area contributed by atoms with Crippen LogP contribution >= 0.6 is 15.9 Å². The third kappa shape index (κ3) is 2.92. The van der Waals surface area contributed by atoms with E-state index in [0.29, 0.717) is 4.47 Å². The van der Waals surface area contributed by atoms with Gasteiger partial charge in [0.15, 0.2) is 0 Å². The Morgan fingerprint density at radius 3 is 2.87 bits per heavy atom. The molecule has 0 radical (unpaired) electrons. The molecule has 2 N–H and O–H groups in total. The molecule has 0 spiro atoms. The number of hydrogen-bond acceptors (Lipinski definition) is 3. The maximum Gasteiger partial charge on any atom is 0.322 e. The van der Waals surface area contributed by atoms with Gasteiger partial charge in [0.1, 0.15) is 18.4 Å². The second-order valence-electron chi connectivity index (χ2n) is 2.67. The summed E-state index contributed by atoms with van der Waals surface area (Å²) in [6, 6.07) is 4.16. The van der Waals surface area contributed by atoms with Crippen LogP contribution in [0.15, 0.2) is 16.6 Å². The summed E-state index contributed by atoms with van der Waals surface area (Å²) in [6.45, 7) is -0.380. The Morgan fingerprint density at radius 1 is 1.67 bits per heavy atom. The Morgan fingerprint density at radius 2 is 2.33 bits per heavy atom. The normalized spacial score (nSPS) is 9.40. The molecule has 0 atom stereocenters. The molecular formula is C9H6BrFN2O2. The fourth-order valence-electron chi connectivity index (χ4n) is 0.939. The highest BCUT2D eigenvalue weighted by molar-refractivity contribution is 9.10. The highest BCUT2D eigenvalue weighted by Crippen LogP contribution is 2.24. The Kier molecular flexibility index (Phi) is 3.63. The summed E-state index contributed by atoms with van der Waals surface area (Å²) in [5, 5.41) is 19.4. The topological polar surface area (TPSA) is 73.1 Å². The van der Waals surface area contributed by atoms with Gasteiger partial charge in [0.2, 0.25) is 0 Å². The van der Waals surface area contributed by atoms with Crippen molar-refractivity contribution in [3.05, 3.63) is 28.0 Å². The van der Waals surface area contributed by atoms with Gasteiger partial charge in [-0.05, 0) is 28.1 Å². The number of carboxylic acid groups (broad SMARTS) is 1. The third-order valence-electron chi connectivity index (χ3n) is 1.61. The molecule has 0 amide bonds. The van der Waals surface area contributed by atoms with E-state index in [1.165, 1.54) is 6.07 Å². The Hall–Kier alpha value is -1.61. The lowest BCUT2D eigenvalue weighted by molar-refractivity contribution is -0.134. The zero-order valence-corrected chi connectivity index (χ0v) is 9.01. The van der Waals surface area contributed by atoms with Crippen molar-refractivity contribution >= 4 is 27.6 Å². The summed E-state index contributed by atoms with van der Waals surface area (Å²) >= 11 is 3.07. The van der Waals surface area contributed by atoms with Gasteiger partial charge in [0.25, 0.3) is 0 Å². The van der Waals surface area contributed by atoms with Crippen LogP contribution < -0.4 is 5.32 Å². The van der Waals surface area contributed by atoms with E-state index in [9.17, 15) is 9.18 Å². The van der Waals surface area contributed by atoms with E-state index in [4.69, 9.17) is 10.4 Å². The standard InChI is InChI=1S/C9H6BrFN2O2/c10-6-2-8(13-4-9(14)15)7(11)1-5(6)3-12/h1-2,13H,4H2,(H,14,15). The van der Waals surface area contributed by atoms with Gasteiger partial charge in [-0.1, -0.05) is 0 Å². The zero-order valence-electron chi connectivity index (χ0n) is 7.42. The Balaban J connectivity index is 2.96. The number of anilines is 1. The van der Waals surface area contributed by atoms with E-state index in [-0.39, 0.29) is 17.8 Å². The number of nitrogens with zero attached hydrogens (tertiary/aromatic N) is 1. The van der Waals surface area contributed by atoms with Gasteiger partial charge in [-0.2, -0.15) is 5.26 Å². The largest absolute Gasteiger partial charge is 0.480 e. The number of nitrogens with one attached hydrogen (secondary N) is 1. The number of benzene rings is 1. The first-order valence-corrected chi connectivity index (χ1v) is 4.68. The molecule has 0 aliphatic heterocycles. The van der Waals surface area contributed by atoms with Gasteiger partial charge in [0.05, 0.1) is 11.3 Å². The molecule has 78 valence electrons. The van der Waals surface area contributed by atoms with Crippen molar-refractivity contribution in [2.75, 3.05) is 11.9 Å². The molecule has 0 saturated carbocycles. The van der Waals surface area contributed by atoms with E-state index in [1.54, 1.807) is 6.07 Å². The number of hydrogen-bond donors (Lipinski definition) is 2. The predicted octanol–water partition coefficient (Wildman–Crippen LogP) is 1.96. The number of nitriles is 1. The molecule has 0 heterocycles. The molecule has 0 bridgehead atoms. The first-order chi connectivity index (χ1) is 7.04. The van der Waals surface area contributed by atoms with E-state index in [2.05, 4.69) is 21.2 Å². The molecule has 15 heavy (non-hydrogen) atoms.